The molecule has 10 aromatic rings. The van der Waals surface area contributed by atoms with Crippen LogP contribution >= 0.6 is 0 Å². The molecule has 0 radical (unpaired) electrons. The monoisotopic (exact) mass is 873 g/mol. The molecule has 2 atom stereocenters. The largest absolute Gasteiger partial charge is 0.481 e. The van der Waals surface area contributed by atoms with Gasteiger partial charge in [-0.3, -0.25) is 29.1 Å². The van der Waals surface area contributed by atoms with Crippen LogP contribution in [0.4, 0.5) is 11.4 Å². The van der Waals surface area contributed by atoms with Crippen LogP contribution in [0.15, 0.2) is 177 Å². The van der Waals surface area contributed by atoms with E-state index in [4.69, 9.17) is 0 Å². The molecule has 2 unspecified atom stereocenters. The van der Waals surface area contributed by atoms with Crippen molar-refractivity contribution < 1.29 is 29.4 Å². The standard InChI is InChI=1S/C26H20N4O3.C25H19N5O3/c31-24(32)15-22(18-7-2-1-3-8-18)30-16-28-21-11-10-19(14-23(21)30)29-26(33)25-20-9-5-4-6-17(20)12-13-27-25;31-24(32)13-22(16-6-2-1-3-7-16)30-15-27-20-11-10-17(12-23(20)30)28-25(33)21-14-26-18-8-4-5-9-19(18)29-21/h1-14,16,22H,15H2,(H,29,33)(H,31,32);1-12,14-15,22H,13H2,(H,28,33)(H,31,32). The van der Waals surface area contributed by atoms with E-state index in [1.54, 1.807) is 55.2 Å². The van der Waals surface area contributed by atoms with E-state index in [-0.39, 0.29) is 30.3 Å². The Morgan fingerprint density at radius 3 is 1.61 bits per heavy atom. The fourth-order valence-corrected chi connectivity index (χ4v) is 7.89. The number of carboxylic acids is 2. The Labute approximate surface area is 376 Å². The number of benzene rings is 6. The van der Waals surface area contributed by atoms with Crippen LogP contribution in [0.1, 0.15) is 57.0 Å². The van der Waals surface area contributed by atoms with Gasteiger partial charge in [0.1, 0.15) is 11.4 Å². The Balaban J connectivity index is 0.000000166. The number of fused-ring (bicyclic) bond motifs is 4. The van der Waals surface area contributed by atoms with Crippen LogP contribution in [0.3, 0.4) is 0 Å². The van der Waals surface area contributed by atoms with Gasteiger partial charge in [0.25, 0.3) is 11.8 Å². The van der Waals surface area contributed by atoms with Crippen LogP contribution in [0.5, 0.6) is 0 Å². The molecule has 0 saturated heterocycles. The molecule has 4 N–H and O–H groups in total. The summed E-state index contributed by atoms with van der Waals surface area (Å²) in [6.07, 6.45) is 6.14. The number of amides is 2. The molecule has 0 saturated carbocycles. The first-order valence-corrected chi connectivity index (χ1v) is 20.8. The van der Waals surface area contributed by atoms with Gasteiger partial charge in [-0.2, -0.15) is 0 Å². The summed E-state index contributed by atoms with van der Waals surface area (Å²) in [6, 6.07) is 45.5. The molecule has 15 nitrogen and oxygen atoms in total. The van der Waals surface area contributed by atoms with Crippen molar-refractivity contribution >= 4 is 79.0 Å². The second-order valence-corrected chi connectivity index (χ2v) is 15.3. The topological polar surface area (TPSA) is 207 Å². The van der Waals surface area contributed by atoms with E-state index < -0.39 is 24.0 Å². The summed E-state index contributed by atoms with van der Waals surface area (Å²) in [7, 11) is 0. The maximum Gasteiger partial charge on any atom is 0.305 e. The predicted octanol–water partition coefficient (Wildman–Crippen LogP) is 9.20. The minimum absolute atomic E-state index is 0.0913. The third-order valence-electron chi connectivity index (χ3n) is 11.0. The van der Waals surface area contributed by atoms with Gasteiger partial charge in [0.2, 0.25) is 0 Å². The van der Waals surface area contributed by atoms with Gasteiger partial charge in [-0.1, -0.05) is 97.1 Å². The first-order chi connectivity index (χ1) is 32.2. The molecule has 2 amide bonds. The Morgan fingerprint density at radius 1 is 0.515 bits per heavy atom. The molecule has 0 spiro atoms. The highest BCUT2D eigenvalue weighted by atomic mass is 16.4. The number of para-hydroxylation sites is 2. The first kappa shape index (κ1) is 42.2. The summed E-state index contributed by atoms with van der Waals surface area (Å²) in [6.45, 7) is 0. The molecule has 0 fully saturated rings. The fourth-order valence-electron chi connectivity index (χ4n) is 7.89. The van der Waals surface area contributed by atoms with Gasteiger partial charge < -0.3 is 30.0 Å². The molecule has 10 rings (SSSR count). The Hall–Kier alpha value is -9.11. The van der Waals surface area contributed by atoms with Crippen LogP contribution in [-0.4, -0.2) is 68.0 Å². The molecule has 0 aliphatic carbocycles. The number of nitrogens with one attached hydrogen (secondary N) is 2. The van der Waals surface area contributed by atoms with Gasteiger partial charge in [-0.25, -0.2) is 15.0 Å². The second kappa shape index (κ2) is 18.7. The van der Waals surface area contributed by atoms with Crippen molar-refractivity contribution in [2.75, 3.05) is 10.6 Å². The Morgan fingerprint density at radius 2 is 1.03 bits per heavy atom. The Bertz CT molecular complexity index is 3400. The number of anilines is 2. The highest BCUT2D eigenvalue weighted by Crippen LogP contribution is 2.30. The minimum Gasteiger partial charge on any atom is -0.481 e. The predicted molar refractivity (Wildman–Crippen MR) is 250 cm³/mol. The van der Waals surface area contributed by atoms with Crippen molar-refractivity contribution in [3.63, 3.8) is 0 Å². The molecular formula is C51H39N9O6. The SMILES string of the molecule is O=C(O)CC(c1ccccc1)n1cnc2ccc(NC(=O)c3cnc4ccccc4n3)cc21.O=C(O)CC(c1ccccc1)n1cnc2ccc(NC(=O)c3nccc4ccccc34)cc21. The highest BCUT2D eigenvalue weighted by molar-refractivity contribution is 6.11. The number of aromatic nitrogens is 7. The molecule has 15 heteroatoms. The minimum atomic E-state index is -0.912. The lowest BCUT2D eigenvalue weighted by atomic mass is 10.0. The number of carbonyl (C=O) groups is 4. The molecule has 0 aliphatic rings. The number of carboxylic acid groups (broad SMARTS) is 2. The third kappa shape index (κ3) is 9.16. The van der Waals surface area contributed by atoms with Crippen molar-refractivity contribution in [3.05, 3.63) is 199 Å². The van der Waals surface area contributed by atoms with Gasteiger partial charge >= 0.3 is 11.9 Å². The lowest BCUT2D eigenvalue weighted by molar-refractivity contribution is -0.138. The summed E-state index contributed by atoms with van der Waals surface area (Å²) >= 11 is 0. The van der Waals surface area contributed by atoms with E-state index in [2.05, 4.69) is 35.6 Å². The van der Waals surface area contributed by atoms with E-state index in [9.17, 15) is 29.4 Å². The van der Waals surface area contributed by atoms with Crippen LogP contribution in [0.25, 0.3) is 43.9 Å². The second-order valence-electron chi connectivity index (χ2n) is 15.3. The zero-order valence-electron chi connectivity index (χ0n) is 35.0. The van der Waals surface area contributed by atoms with E-state index in [0.717, 1.165) is 27.4 Å². The summed E-state index contributed by atoms with van der Waals surface area (Å²) in [5.74, 6) is -2.52. The van der Waals surface area contributed by atoms with Gasteiger partial charge in [-0.15, -0.1) is 0 Å². The van der Waals surface area contributed by atoms with Crippen LogP contribution in [0, 0.1) is 0 Å². The summed E-state index contributed by atoms with van der Waals surface area (Å²) in [4.78, 5) is 70.8. The van der Waals surface area contributed by atoms with Crippen LogP contribution in [0.2, 0.25) is 0 Å². The molecule has 66 heavy (non-hydrogen) atoms. The molecule has 0 aliphatic heterocycles. The number of pyridine rings is 1. The normalized spacial score (nSPS) is 12.0. The van der Waals surface area contributed by atoms with Gasteiger partial charge in [0.15, 0.2) is 0 Å². The zero-order chi connectivity index (χ0) is 45.6. The van der Waals surface area contributed by atoms with Gasteiger partial charge in [-0.05, 0) is 71.1 Å². The van der Waals surface area contributed by atoms with E-state index in [1.165, 1.54) is 6.20 Å². The lowest BCUT2D eigenvalue weighted by Gasteiger charge is -2.18. The average Bonchev–Trinajstić information content (AvgIpc) is 3.96. The quantitative estimate of drug-likeness (QED) is 0.0910. The van der Waals surface area contributed by atoms with Crippen molar-refractivity contribution in [2.45, 2.75) is 24.9 Å². The van der Waals surface area contributed by atoms with E-state index in [0.29, 0.717) is 44.7 Å². The van der Waals surface area contributed by atoms with Crippen molar-refractivity contribution in [1.29, 1.82) is 0 Å². The number of hydrogen-bond acceptors (Lipinski definition) is 9. The van der Waals surface area contributed by atoms with Gasteiger partial charge in [0.05, 0.1) is 76.9 Å². The smallest absolute Gasteiger partial charge is 0.305 e. The average molecular weight is 874 g/mol. The lowest BCUT2D eigenvalue weighted by Crippen LogP contribution is -2.15. The van der Waals surface area contributed by atoms with E-state index >= 15 is 0 Å². The number of rotatable bonds is 12. The van der Waals surface area contributed by atoms with Crippen molar-refractivity contribution in [2.24, 2.45) is 0 Å². The number of carbonyl (C=O) groups excluding carboxylic acids is 2. The Kier molecular flexibility index (Phi) is 12.0. The number of nitrogens with zero attached hydrogens (tertiary/aromatic N) is 7. The van der Waals surface area contributed by atoms with Crippen molar-refractivity contribution in [3.8, 4) is 0 Å². The maximum absolute atomic E-state index is 13.0. The number of imidazole rings is 2. The summed E-state index contributed by atoms with van der Waals surface area (Å²) in [5, 5.41) is 26.5. The number of aliphatic carboxylic acids is 2. The highest BCUT2D eigenvalue weighted by Gasteiger charge is 2.22. The molecule has 6 aromatic carbocycles. The third-order valence-corrected chi connectivity index (χ3v) is 11.0. The molecule has 324 valence electrons. The van der Waals surface area contributed by atoms with Crippen LogP contribution < -0.4 is 10.6 Å². The molecular weight excluding hydrogens is 835 g/mol. The van der Waals surface area contributed by atoms with Crippen molar-refractivity contribution in [1.82, 2.24) is 34.1 Å². The molecule has 0 bridgehead atoms. The zero-order valence-corrected chi connectivity index (χ0v) is 35.0. The number of hydrogen-bond donors (Lipinski definition) is 4. The molecule has 4 heterocycles. The molecule has 4 aromatic heterocycles. The first-order valence-electron chi connectivity index (χ1n) is 20.8. The van der Waals surface area contributed by atoms with E-state index in [1.807, 2.05) is 124 Å². The summed E-state index contributed by atoms with van der Waals surface area (Å²) in [5.41, 5.74) is 7.60. The maximum atomic E-state index is 13.0. The summed E-state index contributed by atoms with van der Waals surface area (Å²) < 4.78 is 3.66. The van der Waals surface area contributed by atoms with Gasteiger partial charge in [0, 0.05) is 23.0 Å². The fraction of sp³-hybridized carbons (Fsp3) is 0.0784. The van der Waals surface area contributed by atoms with Crippen LogP contribution in [-0.2, 0) is 9.59 Å².